The first-order valence-electron chi connectivity index (χ1n) is 11.5. The fourth-order valence-electron chi connectivity index (χ4n) is 4.82. The standard InChI is InChI=1S/C26H32ClN3O2/c1-5-30-24-9-7-19(26(32)29(4)20-8-6-17(2)23(27)15-20)14-22(24)21(16-25(30)31)18-10-12-28(3)13-11-18/h7-9,14-18H,5-6,10-13H2,1-4H3. The largest absolute Gasteiger partial charge is 0.312 e. The summed E-state index contributed by atoms with van der Waals surface area (Å²) in [6, 6.07) is 7.54. The van der Waals surface area contributed by atoms with Crippen LogP contribution in [0.4, 0.5) is 0 Å². The van der Waals surface area contributed by atoms with Crippen LogP contribution in [0.15, 0.2) is 51.9 Å². The van der Waals surface area contributed by atoms with Crippen LogP contribution in [0.5, 0.6) is 0 Å². The predicted molar refractivity (Wildman–Crippen MR) is 131 cm³/mol. The van der Waals surface area contributed by atoms with Crippen LogP contribution in [0.1, 0.15) is 54.9 Å². The van der Waals surface area contributed by atoms with Gasteiger partial charge in [-0.25, -0.2) is 0 Å². The number of amides is 1. The lowest BCUT2D eigenvalue weighted by atomic mass is 9.87. The number of piperidine rings is 1. The number of hydrogen-bond donors (Lipinski definition) is 0. The van der Waals surface area contributed by atoms with Gasteiger partial charge in [0.2, 0.25) is 0 Å². The van der Waals surface area contributed by atoms with E-state index in [2.05, 4.69) is 24.9 Å². The molecule has 5 nitrogen and oxygen atoms in total. The second-order valence-corrected chi connectivity index (χ2v) is 9.59. The van der Waals surface area contributed by atoms with Crippen LogP contribution in [0.3, 0.4) is 0 Å². The van der Waals surface area contributed by atoms with E-state index in [0.29, 0.717) is 18.0 Å². The summed E-state index contributed by atoms with van der Waals surface area (Å²) in [4.78, 5) is 30.2. The first-order chi connectivity index (χ1) is 15.3. The van der Waals surface area contributed by atoms with Gasteiger partial charge in [-0.05, 0) is 88.0 Å². The molecule has 1 aliphatic heterocycles. The fourth-order valence-corrected chi connectivity index (χ4v) is 5.02. The molecule has 0 spiro atoms. The monoisotopic (exact) mass is 453 g/mol. The van der Waals surface area contributed by atoms with Crippen LogP contribution >= 0.6 is 11.6 Å². The van der Waals surface area contributed by atoms with E-state index in [1.54, 1.807) is 22.6 Å². The highest BCUT2D eigenvalue weighted by molar-refractivity contribution is 6.30. The normalized spacial score (nSPS) is 20.2. The summed E-state index contributed by atoms with van der Waals surface area (Å²) in [6.07, 6.45) is 6.81. The van der Waals surface area contributed by atoms with Crippen molar-refractivity contribution in [2.75, 3.05) is 27.2 Å². The maximum absolute atomic E-state index is 13.4. The predicted octanol–water partition coefficient (Wildman–Crippen LogP) is 4.95. The van der Waals surface area contributed by atoms with Gasteiger partial charge in [0.1, 0.15) is 0 Å². The highest BCUT2D eigenvalue weighted by Crippen LogP contribution is 2.33. The van der Waals surface area contributed by atoms with Gasteiger partial charge < -0.3 is 14.4 Å². The second kappa shape index (κ2) is 9.24. The summed E-state index contributed by atoms with van der Waals surface area (Å²) in [5, 5.41) is 1.79. The van der Waals surface area contributed by atoms with Crippen molar-refractivity contribution < 1.29 is 4.79 Å². The Morgan fingerprint density at radius 1 is 1.22 bits per heavy atom. The summed E-state index contributed by atoms with van der Waals surface area (Å²) >= 11 is 6.35. The van der Waals surface area contributed by atoms with E-state index in [1.807, 2.05) is 31.2 Å². The zero-order valence-corrected chi connectivity index (χ0v) is 20.2. The molecule has 0 saturated carbocycles. The van der Waals surface area contributed by atoms with Gasteiger partial charge in [-0.3, -0.25) is 9.59 Å². The average molecular weight is 454 g/mol. The van der Waals surface area contributed by atoms with E-state index in [0.717, 1.165) is 59.5 Å². The lowest BCUT2D eigenvalue weighted by Crippen LogP contribution is -2.30. The number of likely N-dealkylation sites (tertiary alicyclic amines) is 1. The number of aromatic nitrogens is 1. The first-order valence-corrected chi connectivity index (χ1v) is 11.9. The molecular formula is C26H32ClN3O2. The molecule has 1 aromatic carbocycles. The molecule has 6 heteroatoms. The highest BCUT2D eigenvalue weighted by Gasteiger charge is 2.24. The topological polar surface area (TPSA) is 45.6 Å². The summed E-state index contributed by atoms with van der Waals surface area (Å²) in [7, 11) is 3.93. The van der Waals surface area contributed by atoms with Crippen molar-refractivity contribution in [1.82, 2.24) is 14.4 Å². The van der Waals surface area contributed by atoms with Crippen molar-refractivity contribution in [3.05, 3.63) is 68.6 Å². The second-order valence-electron chi connectivity index (χ2n) is 9.15. The van der Waals surface area contributed by atoms with Crippen molar-refractivity contribution in [2.45, 2.75) is 45.6 Å². The molecule has 2 heterocycles. The van der Waals surface area contributed by atoms with Gasteiger partial charge in [-0.1, -0.05) is 24.6 Å². The number of fused-ring (bicyclic) bond motifs is 1. The van der Waals surface area contributed by atoms with Crippen LogP contribution in [-0.2, 0) is 6.54 Å². The van der Waals surface area contributed by atoms with Crippen molar-refractivity contribution in [1.29, 1.82) is 0 Å². The Labute approximate surface area is 195 Å². The Kier molecular flexibility index (Phi) is 6.59. The number of nitrogens with zero attached hydrogens (tertiary/aromatic N) is 3. The molecule has 1 unspecified atom stereocenters. The molecular weight excluding hydrogens is 422 g/mol. The van der Waals surface area contributed by atoms with E-state index in [1.165, 1.54) is 0 Å². The molecule has 1 saturated heterocycles. The Hall–Kier alpha value is -2.37. The zero-order chi connectivity index (χ0) is 23.0. The molecule has 0 radical (unpaired) electrons. The summed E-state index contributed by atoms with van der Waals surface area (Å²) in [5.74, 6) is 0.546. The molecule has 1 atom stereocenters. The number of carbonyl (C=O) groups is 1. The first kappa shape index (κ1) is 22.8. The number of pyridine rings is 1. The SMILES string of the molecule is CCn1c(=O)cc(C2CCN(C)CC2)c2cc(C(=O)N(C)C3=CCC(C)C(Cl)=C3)ccc21. The van der Waals surface area contributed by atoms with E-state index in [-0.39, 0.29) is 17.4 Å². The van der Waals surface area contributed by atoms with Crippen LogP contribution in [-0.4, -0.2) is 47.5 Å². The molecule has 1 fully saturated rings. The molecule has 0 N–H and O–H groups in total. The minimum Gasteiger partial charge on any atom is -0.312 e. The number of benzene rings is 1. The number of rotatable bonds is 4. The maximum atomic E-state index is 13.4. The van der Waals surface area contributed by atoms with Gasteiger partial charge in [-0.15, -0.1) is 0 Å². The molecule has 2 aromatic rings. The smallest absolute Gasteiger partial charge is 0.258 e. The minimum atomic E-state index is -0.0722. The third-order valence-electron chi connectivity index (χ3n) is 6.99. The Bertz CT molecular complexity index is 1160. The van der Waals surface area contributed by atoms with Gasteiger partial charge in [0, 0.05) is 41.3 Å². The van der Waals surface area contributed by atoms with Crippen molar-refractivity contribution in [3.8, 4) is 0 Å². The van der Waals surface area contributed by atoms with E-state index in [9.17, 15) is 9.59 Å². The molecule has 4 rings (SSSR count). The maximum Gasteiger partial charge on any atom is 0.258 e. The van der Waals surface area contributed by atoms with E-state index >= 15 is 0 Å². The average Bonchev–Trinajstić information content (AvgIpc) is 2.79. The van der Waals surface area contributed by atoms with Gasteiger partial charge in [0.05, 0.1) is 5.52 Å². The van der Waals surface area contributed by atoms with Gasteiger partial charge in [0.15, 0.2) is 0 Å². The van der Waals surface area contributed by atoms with E-state index in [4.69, 9.17) is 11.6 Å². The minimum absolute atomic E-state index is 0.0337. The van der Waals surface area contributed by atoms with Gasteiger partial charge >= 0.3 is 0 Å². The Balaban J connectivity index is 1.75. The fraction of sp³-hybridized carbons (Fsp3) is 0.462. The molecule has 2 aliphatic rings. The number of halogens is 1. The lowest BCUT2D eigenvalue weighted by molar-refractivity contribution is 0.0839. The van der Waals surface area contributed by atoms with E-state index < -0.39 is 0 Å². The van der Waals surface area contributed by atoms with Gasteiger partial charge in [0.25, 0.3) is 11.5 Å². The Morgan fingerprint density at radius 3 is 2.59 bits per heavy atom. The van der Waals surface area contributed by atoms with Crippen molar-refractivity contribution >= 4 is 28.4 Å². The number of allylic oxidation sites excluding steroid dienone is 3. The molecule has 1 aliphatic carbocycles. The zero-order valence-electron chi connectivity index (χ0n) is 19.4. The highest BCUT2D eigenvalue weighted by atomic mass is 35.5. The number of aryl methyl sites for hydroxylation is 1. The van der Waals surface area contributed by atoms with Crippen molar-refractivity contribution in [2.24, 2.45) is 5.92 Å². The Morgan fingerprint density at radius 2 is 1.94 bits per heavy atom. The van der Waals surface area contributed by atoms with Gasteiger partial charge in [-0.2, -0.15) is 0 Å². The van der Waals surface area contributed by atoms with Crippen LogP contribution in [0, 0.1) is 5.92 Å². The molecule has 170 valence electrons. The molecule has 1 aromatic heterocycles. The van der Waals surface area contributed by atoms with Crippen LogP contribution in [0.25, 0.3) is 10.9 Å². The molecule has 1 amide bonds. The molecule has 0 bridgehead atoms. The third kappa shape index (κ3) is 4.28. The number of carbonyl (C=O) groups excluding carboxylic acids is 1. The summed E-state index contributed by atoms with van der Waals surface area (Å²) in [6.45, 7) is 6.70. The third-order valence-corrected chi connectivity index (χ3v) is 7.48. The lowest BCUT2D eigenvalue weighted by Gasteiger charge is -2.30. The molecule has 32 heavy (non-hydrogen) atoms. The quantitative estimate of drug-likeness (QED) is 0.658. The number of hydrogen-bond acceptors (Lipinski definition) is 3. The van der Waals surface area contributed by atoms with Crippen LogP contribution < -0.4 is 5.56 Å². The number of likely N-dealkylation sites (N-methyl/N-ethyl adjacent to an activating group) is 1. The van der Waals surface area contributed by atoms with Crippen molar-refractivity contribution in [3.63, 3.8) is 0 Å². The summed E-state index contributed by atoms with van der Waals surface area (Å²) < 4.78 is 1.79. The summed E-state index contributed by atoms with van der Waals surface area (Å²) in [5.41, 5.74) is 3.47. The van der Waals surface area contributed by atoms with Crippen LogP contribution in [0.2, 0.25) is 0 Å².